The zero-order chi connectivity index (χ0) is 9.84. The first kappa shape index (κ1) is 10.1. The number of ether oxygens (including phenoxy) is 1. The van der Waals surface area contributed by atoms with Crippen LogP contribution >= 0.6 is 0 Å². The van der Waals surface area contributed by atoms with E-state index in [0.29, 0.717) is 5.95 Å². The fraction of sp³-hybridized carbons (Fsp3) is 0.667. The summed E-state index contributed by atoms with van der Waals surface area (Å²) in [4.78, 5) is 4.11. The van der Waals surface area contributed by atoms with Gasteiger partial charge in [-0.2, -0.15) is 0 Å². The minimum atomic E-state index is 0.181. The van der Waals surface area contributed by atoms with Gasteiger partial charge in [-0.3, -0.25) is 0 Å². The first-order valence-electron chi connectivity index (χ1n) is 4.54. The van der Waals surface area contributed by atoms with Crippen molar-refractivity contribution in [3.8, 4) is 0 Å². The third-order valence-electron chi connectivity index (χ3n) is 1.83. The molecule has 1 heterocycles. The van der Waals surface area contributed by atoms with Crippen molar-refractivity contribution in [3.63, 3.8) is 0 Å². The van der Waals surface area contributed by atoms with Crippen LogP contribution in [0, 0.1) is 6.92 Å². The summed E-state index contributed by atoms with van der Waals surface area (Å²) in [7, 11) is 0. The summed E-state index contributed by atoms with van der Waals surface area (Å²) in [5.74, 6) is 0.559. The average molecular weight is 183 g/mol. The lowest BCUT2D eigenvalue weighted by Crippen LogP contribution is -2.17. The summed E-state index contributed by atoms with van der Waals surface area (Å²) in [5.41, 5.74) is 6.63. The maximum atomic E-state index is 5.68. The maximum absolute atomic E-state index is 5.68. The Bertz CT molecular complexity index is 270. The minimum Gasteiger partial charge on any atom is -0.377 e. The third-order valence-corrected chi connectivity index (χ3v) is 1.83. The Morgan fingerprint density at radius 1 is 1.69 bits per heavy atom. The van der Waals surface area contributed by atoms with Crippen molar-refractivity contribution >= 4 is 5.95 Å². The summed E-state index contributed by atoms with van der Waals surface area (Å²) in [6, 6.07) is 0. The number of nitrogen functional groups attached to an aromatic ring is 1. The molecule has 74 valence electrons. The summed E-state index contributed by atoms with van der Waals surface area (Å²) in [6.45, 7) is 7.44. The van der Waals surface area contributed by atoms with Gasteiger partial charge in [0, 0.05) is 12.8 Å². The van der Waals surface area contributed by atoms with Gasteiger partial charge in [0.25, 0.3) is 0 Å². The van der Waals surface area contributed by atoms with Crippen LogP contribution in [-0.4, -0.2) is 22.3 Å². The van der Waals surface area contributed by atoms with Gasteiger partial charge in [0.15, 0.2) is 5.95 Å². The van der Waals surface area contributed by atoms with Gasteiger partial charge in [-0.05, 0) is 20.8 Å². The predicted octanol–water partition coefficient (Wildman–Crippen LogP) is 1.20. The highest BCUT2D eigenvalue weighted by Crippen LogP contribution is 2.06. The van der Waals surface area contributed by atoms with E-state index in [-0.39, 0.29) is 6.10 Å². The lowest BCUT2D eigenvalue weighted by molar-refractivity contribution is 0.0644. The number of hydrogen-bond acceptors (Lipinski definition) is 3. The van der Waals surface area contributed by atoms with Crippen LogP contribution in [0.3, 0.4) is 0 Å². The quantitative estimate of drug-likeness (QED) is 0.763. The molecular formula is C9H17N3O. The second kappa shape index (κ2) is 4.28. The summed E-state index contributed by atoms with van der Waals surface area (Å²) >= 11 is 0. The van der Waals surface area contributed by atoms with Gasteiger partial charge in [0.05, 0.1) is 18.3 Å². The molecule has 0 saturated heterocycles. The lowest BCUT2D eigenvalue weighted by atomic mass is 10.4. The molecule has 1 aromatic rings. The fourth-order valence-electron chi connectivity index (χ4n) is 1.33. The highest BCUT2D eigenvalue weighted by Gasteiger charge is 2.06. The maximum Gasteiger partial charge on any atom is 0.200 e. The average Bonchev–Trinajstić information content (AvgIpc) is 2.30. The van der Waals surface area contributed by atoms with E-state index in [9.17, 15) is 0 Å². The molecule has 0 aliphatic carbocycles. The largest absolute Gasteiger partial charge is 0.377 e. The molecule has 0 amide bonds. The second-order valence-electron chi connectivity index (χ2n) is 3.16. The van der Waals surface area contributed by atoms with Crippen LogP contribution in [0.1, 0.15) is 19.5 Å². The van der Waals surface area contributed by atoms with Crippen molar-refractivity contribution in [2.75, 3.05) is 12.3 Å². The first-order valence-corrected chi connectivity index (χ1v) is 4.54. The monoisotopic (exact) mass is 183 g/mol. The number of hydrogen-bond donors (Lipinski definition) is 1. The molecule has 1 aromatic heterocycles. The first-order chi connectivity index (χ1) is 6.13. The number of anilines is 1. The Balaban J connectivity index is 2.57. The van der Waals surface area contributed by atoms with E-state index in [1.807, 2.05) is 31.5 Å². The van der Waals surface area contributed by atoms with Gasteiger partial charge in [0.2, 0.25) is 0 Å². The van der Waals surface area contributed by atoms with Crippen LogP contribution in [0.2, 0.25) is 0 Å². The molecule has 1 unspecified atom stereocenters. The molecule has 4 nitrogen and oxygen atoms in total. The Morgan fingerprint density at radius 3 is 2.85 bits per heavy atom. The van der Waals surface area contributed by atoms with Crippen molar-refractivity contribution in [2.24, 2.45) is 0 Å². The summed E-state index contributed by atoms with van der Waals surface area (Å²) < 4.78 is 7.32. The molecule has 0 bridgehead atoms. The molecule has 0 aliphatic heterocycles. The summed E-state index contributed by atoms with van der Waals surface area (Å²) in [6.07, 6.45) is 2.12. The van der Waals surface area contributed by atoms with E-state index in [2.05, 4.69) is 4.98 Å². The Morgan fingerprint density at radius 2 is 2.38 bits per heavy atom. The SMILES string of the molecule is CCOC(C)Cn1cc(C)nc1N. The van der Waals surface area contributed by atoms with E-state index in [0.717, 1.165) is 18.8 Å². The molecule has 0 spiro atoms. The van der Waals surface area contributed by atoms with E-state index >= 15 is 0 Å². The van der Waals surface area contributed by atoms with E-state index in [1.165, 1.54) is 0 Å². The highest BCUT2D eigenvalue weighted by atomic mass is 16.5. The van der Waals surface area contributed by atoms with Crippen molar-refractivity contribution in [3.05, 3.63) is 11.9 Å². The number of nitrogens with two attached hydrogens (primary N) is 1. The molecule has 1 rings (SSSR count). The molecule has 0 aromatic carbocycles. The van der Waals surface area contributed by atoms with Crippen LogP contribution < -0.4 is 5.73 Å². The Labute approximate surface area is 78.7 Å². The molecule has 2 N–H and O–H groups in total. The van der Waals surface area contributed by atoms with Crippen LogP contribution in [0.4, 0.5) is 5.95 Å². The highest BCUT2D eigenvalue weighted by molar-refractivity contribution is 5.21. The van der Waals surface area contributed by atoms with Crippen LogP contribution in [0.25, 0.3) is 0 Å². The van der Waals surface area contributed by atoms with E-state index in [4.69, 9.17) is 10.5 Å². The van der Waals surface area contributed by atoms with Gasteiger partial charge in [0.1, 0.15) is 0 Å². The van der Waals surface area contributed by atoms with Crippen LogP contribution in [0.15, 0.2) is 6.20 Å². The third kappa shape index (κ3) is 2.73. The Kier molecular flexibility index (Phi) is 3.31. The standard InChI is InChI=1S/C9H17N3O/c1-4-13-8(3)6-12-5-7(2)11-9(12)10/h5,8H,4,6H2,1-3H3,(H2,10,11). The number of aromatic nitrogens is 2. The lowest BCUT2D eigenvalue weighted by Gasteiger charge is -2.12. The normalized spacial score (nSPS) is 13.2. The zero-order valence-corrected chi connectivity index (χ0v) is 8.45. The van der Waals surface area contributed by atoms with Crippen LogP contribution in [-0.2, 0) is 11.3 Å². The van der Waals surface area contributed by atoms with Crippen LogP contribution in [0.5, 0.6) is 0 Å². The fourth-order valence-corrected chi connectivity index (χ4v) is 1.33. The minimum absolute atomic E-state index is 0.181. The molecule has 0 fully saturated rings. The van der Waals surface area contributed by atoms with E-state index in [1.54, 1.807) is 0 Å². The Hall–Kier alpha value is -1.03. The molecule has 4 heteroatoms. The van der Waals surface area contributed by atoms with Crippen molar-refractivity contribution in [2.45, 2.75) is 33.4 Å². The topological polar surface area (TPSA) is 53.1 Å². The molecule has 0 saturated carbocycles. The summed E-state index contributed by atoms with van der Waals surface area (Å²) in [5, 5.41) is 0. The van der Waals surface area contributed by atoms with Crippen molar-refractivity contribution < 1.29 is 4.74 Å². The molecule has 0 radical (unpaired) electrons. The van der Waals surface area contributed by atoms with Crippen molar-refractivity contribution in [1.82, 2.24) is 9.55 Å². The molecule has 13 heavy (non-hydrogen) atoms. The van der Waals surface area contributed by atoms with Crippen molar-refractivity contribution in [1.29, 1.82) is 0 Å². The predicted molar refractivity (Wildman–Crippen MR) is 52.5 cm³/mol. The number of rotatable bonds is 4. The van der Waals surface area contributed by atoms with Gasteiger partial charge < -0.3 is 15.0 Å². The second-order valence-corrected chi connectivity index (χ2v) is 3.16. The van der Waals surface area contributed by atoms with Gasteiger partial charge >= 0.3 is 0 Å². The molecule has 0 aliphatic rings. The molecule has 1 atom stereocenters. The van der Waals surface area contributed by atoms with E-state index < -0.39 is 0 Å². The molecular weight excluding hydrogens is 166 g/mol. The number of imidazole rings is 1. The number of nitrogens with zero attached hydrogens (tertiary/aromatic N) is 2. The van der Waals surface area contributed by atoms with Gasteiger partial charge in [-0.15, -0.1) is 0 Å². The van der Waals surface area contributed by atoms with Gasteiger partial charge in [-0.1, -0.05) is 0 Å². The zero-order valence-electron chi connectivity index (χ0n) is 8.45. The number of aryl methyl sites for hydroxylation is 1. The smallest absolute Gasteiger partial charge is 0.200 e. The van der Waals surface area contributed by atoms with Gasteiger partial charge in [-0.25, -0.2) is 4.98 Å².